The first kappa shape index (κ1) is 21.7. The van der Waals surface area contributed by atoms with Crippen molar-refractivity contribution in [1.82, 2.24) is 20.3 Å². The minimum atomic E-state index is -0.476. The first-order valence-corrected chi connectivity index (χ1v) is 9.58. The van der Waals surface area contributed by atoms with Crippen LogP contribution in [0.5, 0.6) is 11.5 Å². The van der Waals surface area contributed by atoms with Crippen molar-refractivity contribution in [3.63, 3.8) is 0 Å². The molecule has 158 valence electrons. The molecule has 7 nitrogen and oxygen atoms in total. The number of carbonyl (C=O) groups is 1. The second kappa shape index (κ2) is 9.69. The molecule has 1 aliphatic heterocycles. The van der Waals surface area contributed by atoms with Gasteiger partial charge in [-0.05, 0) is 57.1 Å². The molecule has 4 rings (SSSR count). The fourth-order valence-electron chi connectivity index (χ4n) is 3.43. The summed E-state index contributed by atoms with van der Waals surface area (Å²) in [5, 5.41) is 14.3. The molecule has 0 radical (unpaired) electrons. The molecule has 3 aromatic rings. The Labute approximate surface area is 180 Å². The van der Waals surface area contributed by atoms with Crippen LogP contribution in [0.1, 0.15) is 35.1 Å². The lowest BCUT2D eigenvalue weighted by Crippen LogP contribution is -2.30. The van der Waals surface area contributed by atoms with Crippen molar-refractivity contribution >= 4 is 24.0 Å². The van der Waals surface area contributed by atoms with Gasteiger partial charge in [-0.15, -0.1) is 17.5 Å². The summed E-state index contributed by atoms with van der Waals surface area (Å²) in [6, 6.07) is 13.3. The maximum Gasteiger partial charge on any atom is 0.278 e. The van der Waals surface area contributed by atoms with Gasteiger partial charge in [-0.3, -0.25) is 4.79 Å². The summed E-state index contributed by atoms with van der Waals surface area (Å²) in [4.78, 5) is 12.8. The number of hydrogen-bond acceptors (Lipinski definition) is 5. The molecular weight excluding hydrogens is 409 g/mol. The summed E-state index contributed by atoms with van der Waals surface area (Å²) in [5.74, 6) is -0.000945. The van der Waals surface area contributed by atoms with Gasteiger partial charge in [-0.1, -0.05) is 23.4 Å². The van der Waals surface area contributed by atoms with Crippen molar-refractivity contribution < 1.29 is 13.9 Å². The van der Waals surface area contributed by atoms with E-state index in [9.17, 15) is 9.18 Å². The van der Waals surface area contributed by atoms with Gasteiger partial charge in [0.05, 0.1) is 17.4 Å². The third-order valence-corrected chi connectivity index (χ3v) is 4.96. The third-order valence-electron chi connectivity index (χ3n) is 4.96. The fraction of sp³-hybridized carbons (Fsp3) is 0.286. The zero-order valence-corrected chi connectivity index (χ0v) is 17.3. The lowest BCUT2D eigenvalue weighted by atomic mass is 10.1. The number of ether oxygens (including phenoxy) is 1. The molecule has 9 heteroatoms. The van der Waals surface area contributed by atoms with E-state index in [0.717, 1.165) is 25.9 Å². The van der Waals surface area contributed by atoms with Crippen LogP contribution in [0.15, 0.2) is 48.5 Å². The highest BCUT2D eigenvalue weighted by Crippen LogP contribution is 2.31. The second-order valence-corrected chi connectivity index (χ2v) is 6.96. The Kier molecular flexibility index (Phi) is 7.02. The summed E-state index contributed by atoms with van der Waals surface area (Å²) < 4.78 is 21.4. The van der Waals surface area contributed by atoms with E-state index in [-0.39, 0.29) is 29.8 Å². The number of piperidine rings is 1. The minimum Gasteiger partial charge on any atom is -0.455 e. The standard InChI is InChI=1S/C21H22FN5O2.ClH/c1-14-20(25-26-27(14)16-9-11-23-12-10-16)21(28)24-18-13-15(22)7-8-19(18)29-17-5-3-2-4-6-17;/h2-8,13,16,23H,9-12H2,1H3,(H,24,28);1H. The topological polar surface area (TPSA) is 81.1 Å². The van der Waals surface area contributed by atoms with Gasteiger partial charge in [-0.25, -0.2) is 9.07 Å². The normalized spacial score (nSPS) is 14.1. The van der Waals surface area contributed by atoms with E-state index < -0.39 is 11.7 Å². The van der Waals surface area contributed by atoms with Gasteiger partial charge in [0.1, 0.15) is 11.6 Å². The molecule has 30 heavy (non-hydrogen) atoms. The smallest absolute Gasteiger partial charge is 0.278 e. The minimum absolute atomic E-state index is 0. The summed E-state index contributed by atoms with van der Waals surface area (Å²) in [7, 11) is 0. The Balaban J connectivity index is 0.00000256. The number of halogens is 2. The molecule has 1 aromatic heterocycles. The Hall–Kier alpha value is -2.97. The summed E-state index contributed by atoms with van der Waals surface area (Å²) in [6.07, 6.45) is 1.87. The van der Waals surface area contributed by atoms with E-state index in [0.29, 0.717) is 17.2 Å². The Morgan fingerprint density at radius 2 is 1.93 bits per heavy atom. The number of hydrogen-bond donors (Lipinski definition) is 2. The molecule has 0 bridgehead atoms. The van der Waals surface area contributed by atoms with E-state index in [1.807, 2.05) is 29.8 Å². The quantitative estimate of drug-likeness (QED) is 0.635. The van der Waals surface area contributed by atoms with Gasteiger partial charge in [-0.2, -0.15) is 0 Å². The molecule has 2 N–H and O–H groups in total. The first-order valence-electron chi connectivity index (χ1n) is 9.58. The fourth-order valence-corrected chi connectivity index (χ4v) is 3.43. The maximum absolute atomic E-state index is 13.8. The van der Waals surface area contributed by atoms with Crippen molar-refractivity contribution in [2.45, 2.75) is 25.8 Å². The second-order valence-electron chi connectivity index (χ2n) is 6.96. The zero-order valence-electron chi connectivity index (χ0n) is 16.5. The summed E-state index contributed by atoms with van der Waals surface area (Å²) in [6.45, 7) is 3.65. The van der Waals surface area contributed by atoms with E-state index in [4.69, 9.17) is 4.74 Å². The average molecular weight is 432 g/mol. The highest BCUT2D eigenvalue weighted by atomic mass is 35.5. The summed E-state index contributed by atoms with van der Waals surface area (Å²) in [5.41, 5.74) is 1.14. The van der Waals surface area contributed by atoms with Crippen molar-refractivity contribution in [2.24, 2.45) is 0 Å². The number of nitrogens with zero attached hydrogens (tertiary/aromatic N) is 3. The van der Waals surface area contributed by atoms with Gasteiger partial charge < -0.3 is 15.4 Å². The number of para-hydroxylation sites is 1. The number of rotatable bonds is 5. The van der Waals surface area contributed by atoms with Crippen molar-refractivity contribution in [3.05, 3.63) is 65.7 Å². The molecule has 0 saturated carbocycles. The van der Waals surface area contributed by atoms with Crippen LogP contribution >= 0.6 is 12.4 Å². The van der Waals surface area contributed by atoms with Crippen LogP contribution in [-0.4, -0.2) is 34.0 Å². The molecule has 0 aliphatic carbocycles. The third kappa shape index (κ3) is 4.77. The molecule has 0 unspecified atom stereocenters. The Morgan fingerprint density at radius 3 is 2.67 bits per heavy atom. The van der Waals surface area contributed by atoms with Crippen LogP contribution in [0, 0.1) is 12.7 Å². The molecule has 1 amide bonds. The maximum atomic E-state index is 13.8. The van der Waals surface area contributed by atoms with E-state index in [1.54, 1.807) is 12.1 Å². The van der Waals surface area contributed by atoms with Crippen LogP contribution in [0.4, 0.5) is 10.1 Å². The van der Waals surface area contributed by atoms with Gasteiger partial charge >= 0.3 is 0 Å². The molecule has 1 saturated heterocycles. The number of amides is 1. The predicted octanol–water partition coefficient (Wildman–Crippen LogP) is 4.12. The molecule has 0 atom stereocenters. The van der Waals surface area contributed by atoms with Crippen LogP contribution in [0.2, 0.25) is 0 Å². The largest absolute Gasteiger partial charge is 0.455 e. The van der Waals surface area contributed by atoms with Crippen LogP contribution in [0.3, 0.4) is 0 Å². The van der Waals surface area contributed by atoms with E-state index in [1.165, 1.54) is 18.2 Å². The molecule has 0 spiro atoms. The van der Waals surface area contributed by atoms with Crippen LogP contribution in [0.25, 0.3) is 0 Å². The van der Waals surface area contributed by atoms with Crippen LogP contribution in [-0.2, 0) is 0 Å². The average Bonchev–Trinajstić information content (AvgIpc) is 3.13. The molecule has 1 fully saturated rings. The molecule has 2 heterocycles. The monoisotopic (exact) mass is 431 g/mol. The summed E-state index contributed by atoms with van der Waals surface area (Å²) >= 11 is 0. The molecule has 1 aliphatic rings. The SMILES string of the molecule is Cc1c(C(=O)Nc2cc(F)ccc2Oc2ccccc2)nnn1C1CCNCC1.Cl. The van der Waals surface area contributed by atoms with Crippen molar-refractivity contribution in [2.75, 3.05) is 18.4 Å². The molecule has 2 aromatic carbocycles. The number of aromatic nitrogens is 3. The van der Waals surface area contributed by atoms with Crippen LogP contribution < -0.4 is 15.4 Å². The number of anilines is 1. The number of carbonyl (C=O) groups excluding carboxylic acids is 1. The lowest BCUT2D eigenvalue weighted by molar-refractivity contribution is 0.102. The van der Waals surface area contributed by atoms with Gasteiger partial charge in [0.15, 0.2) is 11.4 Å². The Bertz CT molecular complexity index is 1010. The predicted molar refractivity (Wildman–Crippen MR) is 114 cm³/mol. The lowest BCUT2D eigenvalue weighted by Gasteiger charge is -2.23. The first-order chi connectivity index (χ1) is 14.1. The number of nitrogens with one attached hydrogen (secondary N) is 2. The zero-order chi connectivity index (χ0) is 20.2. The number of benzene rings is 2. The van der Waals surface area contributed by atoms with E-state index >= 15 is 0 Å². The van der Waals surface area contributed by atoms with Crippen molar-refractivity contribution in [1.29, 1.82) is 0 Å². The Morgan fingerprint density at radius 1 is 1.20 bits per heavy atom. The highest BCUT2D eigenvalue weighted by Gasteiger charge is 2.23. The van der Waals surface area contributed by atoms with Crippen molar-refractivity contribution in [3.8, 4) is 11.5 Å². The highest BCUT2D eigenvalue weighted by molar-refractivity contribution is 6.04. The molecular formula is C21H23ClFN5O2. The van der Waals surface area contributed by atoms with E-state index in [2.05, 4.69) is 20.9 Å². The van der Waals surface area contributed by atoms with Gasteiger partial charge in [0, 0.05) is 6.07 Å². The van der Waals surface area contributed by atoms with Gasteiger partial charge in [0.25, 0.3) is 5.91 Å². The van der Waals surface area contributed by atoms with Gasteiger partial charge in [0.2, 0.25) is 0 Å².